The summed E-state index contributed by atoms with van der Waals surface area (Å²) in [7, 11) is 0. The van der Waals surface area contributed by atoms with Crippen molar-refractivity contribution in [3.63, 3.8) is 0 Å². The Morgan fingerprint density at radius 3 is 2.57 bits per heavy atom. The SMILES string of the molecule is CC(=O)N[C@@H](C(=O)Nc1cccc(N2CCCC2=O)c1)C(C)C. The molecule has 2 N–H and O–H groups in total. The lowest BCUT2D eigenvalue weighted by Crippen LogP contribution is -2.46. The van der Waals surface area contributed by atoms with Gasteiger partial charge in [0.25, 0.3) is 0 Å². The molecule has 1 aliphatic heterocycles. The number of carbonyl (C=O) groups is 3. The van der Waals surface area contributed by atoms with E-state index in [-0.39, 0.29) is 23.6 Å². The average Bonchev–Trinajstić information content (AvgIpc) is 2.90. The molecule has 23 heavy (non-hydrogen) atoms. The minimum atomic E-state index is -0.593. The molecular formula is C17H23N3O3. The number of amides is 3. The van der Waals surface area contributed by atoms with E-state index in [2.05, 4.69) is 10.6 Å². The van der Waals surface area contributed by atoms with Crippen LogP contribution in [0.2, 0.25) is 0 Å². The maximum absolute atomic E-state index is 12.4. The smallest absolute Gasteiger partial charge is 0.247 e. The summed E-state index contributed by atoms with van der Waals surface area (Å²) in [5.41, 5.74) is 1.40. The van der Waals surface area contributed by atoms with Crippen LogP contribution in [0.25, 0.3) is 0 Å². The van der Waals surface area contributed by atoms with E-state index in [0.29, 0.717) is 18.7 Å². The number of benzene rings is 1. The Labute approximate surface area is 136 Å². The van der Waals surface area contributed by atoms with E-state index in [1.54, 1.807) is 23.1 Å². The molecule has 124 valence electrons. The van der Waals surface area contributed by atoms with E-state index < -0.39 is 6.04 Å². The van der Waals surface area contributed by atoms with Gasteiger partial charge in [0.1, 0.15) is 6.04 Å². The zero-order valence-corrected chi connectivity index (χ0v) is 13.8. The molecule has 3 amide bonds. The fourth-order valence-corrected chi connectivity index (χ4v) is 2.65. The van der Waals surface area contributed by atoms with Gasteiger partial charge in [0, 0.05) is 31.3 Å². The molecule has 0 aliphatic carbocycles. The molecule has 1 aromatic carbocycles. The van der Waals surface area contributed by atoms with Crippen LogP contribution in [0.5, 0.6) is 0 Å². The molecule has 1 fully saturated rings. The summed E-state index contributed by atoms with van der Waals surface area (Å²) in [5, 5.41) is 5.48. The molecule has 1 atom stereocenters. The van der Waals surface area contributed by atoms with Gasteiger partial charge >= 0.3 is 0 Å². The fourth-order valence-electron chi connectivity index (χ4n) is 2.65. The van der Waals surface area contributed by atoms with E-state index in [9.17, 15) is 14.4 Å². The summed E-state index contributed by atoms with van der Waals surface area (Å²) < 4.78 is 0. The van der Waals surface area contributed by atoms with Crippen LogP contribution in [-0.4, -0.2) is 30.3 Å². The Morgan fingerprint density at radius 2 is 2.00 bits per heavy atom. The van der Waals surface area contributed by atoms with Gasteiger partial charge in [0.05, 0.1) is 0 Å². The maximum atomic E-state index is 12.4. The molecule has 0 bridgehead atoms. The fraction of sp³-hybridized carbons (Fsp3) is 0.471. The number of rotatable bonds is 5. The first-order valence-corrected chi connectivity index (χ1v) is 7.87. The van der Waals surface area contributed by atoms with Gasteiger partial charge in [-0.2, -0.15) is 0 Å². The first kappa shape index (κ1) is 17.0. The normalized spacial score (nSPS) is 15.7. The van der Waals surface area contributed by atoms with Gasteiger partial charge in [-0.25, -0.2) is 0 Å². The van der Waals surface area contributed by atoms with Gasteiger partial charge in [-0.15, -0.1) is 0 Å². The van der Waals surface area contributed by atoms with Crippen molar-refractivity contribution < 1.29 is 14.4 Å². The van der Waals surface area contributed by atoms with Gasteiger partial charge in [0.15, 0.2) is 0 Å². The number of nitrogens with one attached hydrogen (secondary N) is 2. The molecule has 2 rings (SSSR count). The van der Waals surface area contributed by atoms with Crippen LogP contribution in [-0.2, 0) is 14.4 Å². The van der Waals surface area contributed by atoms with Gasteiger partial charge in [-0.1, -0.05) is 19.9 Å². The van der Waals surface area contributed by atoms with E-state index in [1.165, 1.54) is 6.92 Å². The molecule has 1 saturated heterocycles. The third kappa shape index (κ3) is 4.31. The summed E-state index contributed by atoms with van der Waals surface area (Å²) in [6.45, 7) is 5.85. The quantitative estimate of drug-likeness (QED) is 0.871. The number of carbonyl (C=O) groups excluding carboxylic acids is 3. The van der Waals surface area contributed by atoms with Crippen molar-refractivity contribution in [2.45, 2.75) is 39.7 Å². The summed E-state index contributed by atoms with van der Waals surface area (Å²) in [5.74, 6) is -0.426. The van der Waals surface area contributed by atoms with Crippen LogP contribution in [0.3, 0.4) is 0 Å². The Kier molecular flexibility index (Phi) is 5.36. The van der Waals surface area contributed by atoms with Crippen molar-refractivity contribution in [1.29, 1.82) is 0 Å². The molecule has 0 spiro atoms. The lowest BCUT2D eigenvalue weighted by atomic mass is 10.0. The zero-order chi connectivity index (χ0) is 17.0. The molecule has 0 aromatic heterocycles. The van der Waals surface area contributed by atoms with Gasteiger partial charge in [0.2, 0.25) is 17.7 Å². The van der Waals surface area contributed by atoms with Crippen molar-refractivity contribution in [3.05, 3.63) is 24.3 Å². The van der Waals surface area contributed by atoms with E-state index in [0.717, 1.165) is 12.1 Å². The second kappa shape index (κ2) is 7.26. The third-order valence-electron chi connectivity index (χ3n) is 3.81. The van der Waals surface area contributed by atoms with E-state index >= 15 is 0 Å². The Balaban J connectivity index is 2.11. The largest absolute Gasteiger partial charge is 0.344 e. The third-order valence-corrected chi connectivity index (χ3v) is 3.81. The zero-order valence-electron chi connectivity index (χ0n) is 13.8. The van der Waals surface area contributed by atoms with Crippen LogP contribution < -0.4 is 15.5 Å². The Hall–Kier alpha value is -2.37. The summed E-state index contributed by atoms with van der Waals surface area (Å²) in [6.07, 6.45) is 1.42. The predicted octanol–water partition coefficient (Wildman–Crippen LogP) is 1.91. The summed E-state index contributed by atoms with van der Waals surface area (Å²) >= 11 is 0. The highest BCUT2D eigenvalue weighted by Crippen LogP contribution is 2.24. The van der Waals surface area contributed by atoms with Crippen LogP contribution in [0.4, 0.5) is 11.4 Å². The van der Waals surface area contributed by atoms with Crippen molar-refractivity contribution in [3.8, 4) is 0 Å². The van der Waals surface area contributed by atoms with Crippen LogP contribution in [0.1, 0.15) is 33.6 Å². The van der Waals surface area contributed by atoms with E-state index in [1.807, 2.05) is 19.9 Å². The van der Waals surface area contributed by atoms with Crippen molar-refractivity contribution >= 4 is 29.1 Å². The number of anilines is 2. The molecule has 1 heterocycles. The van der Waals surface area contributed by atoms with Gasteiger partial charge in [-0.05, 0) is 30.5 Å². The second-order valence-electron chi connectivity index (χ2n) is 6.11. The minimum absolute atomic E-state index is 0.0257. The molecule has 0 saturated carbocycles. The first-order chi connectivity index (χ1) is 10.9. The molecule has 6 heteroatoms. The van der Waals surface area contributed by atoms with Gasteiger partial charge in [-0.3, -0.25) is 14.4 Å². The lowest BCUT2D eigenvalue weighted by Gasteiger charge is -2.22. The van der Waals surface area contributed by atoms with Gasteiger partial charge < -0.3 is 15.5 Å². The predicted molar refractivity (Wildman–Crippen MR) is 89.1 cm³/mol. The standard InChI is InChI=1S/C17H23N3O3/c1-11(2)16(18-12(3)21)17(23)19-13-6-4-7-14(10-13)20-9-5-8-15(20)22/h4,6-7,10-11,16H,5,8-9H2,1-3H3,(H,18,21)(H,19,23)/t16-/m1/s1. The number of hydrogen-bond acceptors (Lipinski definition) is 3. The van der Waals surface area contributed by atoms with Crippen molar-refractivity contribution in [1.82, 2.24) is 5.32 Å². The molecular weight excluding hydrogens is 294 g/mol. The second-order valence-corrected chi connectivity index (χ2v) is 6.11. The molecule has 1 aromatic rings. The number of nitrogens with zero attached hydrogens (tertiary/aromatic N) is 1. The molecule has 0 radical (unpaired) electrons. The maximum Gasteiger partial charge on any atom is 0.247 e. The topological polar surface area (TPSA) is 78.5 Å². The highest BCUT2D eigenvalue weighted by molar-refractivity contribution is 5.99. The summed E-state index contributed by atoms with van der Waals surface area (Å²) in [6, 6.07) is 6.62. The van der Waals surface area contributed by atoms with Crippen LogP contribution in [0, 0.1) is 5.92 Å². The molecule has 6 nitrogen and oxygen atoms in total. The molecule has 0 unspecified atom stereocenters. The Morgan fingerprint density at radius 1 is 1.26 bits per heavy atom. The monoisotopic (exact) mass is 317 g/mol. The van der Waals surface area contributed by atoms with Crippen LogP contribution >= 0.6 is 0 Å². The van der Waals surface area contributed by atoms with E-state index in [4.69, 9.17) is 0 Å². The highest BCUT2D eigenvalue weighted by atomic mass is 16.2. The molecule has 1 aliphatic rings. The van der Waals surface area contributed by atoms with Crippen molar-refractivity contribution in [2.75, 3.05) is 16.8 Å². The van der Waals surface area contributed by atoms with Crippen molar-refractivity contribution in [2.24, 2.45) is 5.92 Å². The Bertz CT molecular complexity index is 613. The lowest BCUT2D eigenvalue weighted by molar-refractivity contribution is -0.126. The highest BCUT2D eigenvalue weighted by Gasteiger charge is 2.24. The minimum Gasteiger partial charge on any atom is -0.344 e. The number of hydrogen-bond donors (Lipinski definition) is 2. The average molecular weight is 317 g/mol. The summed E-state index contributed by atoms with van der Waals surface area (Å²) in [4.78, 5) is 37.2. The van der Waals surface area contributed by atoms with Crippen LogP contribution in [0.15, 0.2) is 24.3 Å². The first-order valence-electron chi connectivity index (χ1n) is 7.87.